The minimum atomic E-state index is -4.68. The van der Waals surface area contributed by atoms with E-state index in [-0.39, 0.29) is 39.4 Å². The van der Waals surface area contributed by atoms with Gasteiger partial charge in [0.2, 0.25) is 5.95 Å². The molecule has 0 aliphatic heterocycles. The Balaban J connectivity index is 2.01. The van der Waals surface area contributed by atoms with Crippen LogP contribution in [0.1, 0.15) is 5.56 Å². The van der Waals surface area contributed by atoms with E-state index in [1.54, 1.807) is 0 Å². The molecule has 2 heterocycles. The number of nitrogens with two attached hydrogens (primary N) is 1. The minimum absolute atomic E-state index is 0.0278. The van der Waals surface area contributed by atoms with E-state index in [1.807, 2.05) is 0 Å². The predicted molar refractivity (Wildman–Crippen MR) is 89.7 cm³/mol. The maximum absolute atomic E-state index is 14.3. The summed E-state index contributed by atoms with van der Waals surface area (Å²) in [5.41, 5.74) is 3.81. The Kier molecular flexibility index (Phi) is 3.95. The van der Waals surface area contributed by atoms with E-state index in [1.165, 1.54) is 12.3 Å². The maximum atomic E-state index is 14.3. The first-order valence-corrected chi connectivity index (χ1v) is 7.74. The molecule has 0 unspecified atom stereocenters. The van der Waals surface area contributed by atoms with Gasteiger partial charge >= 0.3 is 6.18 Å². The van der Waals surface area contributed by atoms with Gasteiger partial charge in [-0.2, -0.15) is 18.3 Å². The van der Waals surface area contributed by atoms with Crippen molar-refractivity contribution < 1.29 is 22.0 Å². The molecule has 0 saturated carbocycles. The third-order valence-corrected chi connectivity index (χ3v) is 4.02. The number of rotatable bonds is 2. The predicted octanol–water partition coefficient (Wildman–Crippen LogP) is 3.96. The Morgan fingerprint density at radius 1 is 0.964 bits per heavy atom. The summed E-state index contributed by atoms with van der Waals surface area (Å²) in [6.07, 6.45) is -3.47. The van der Waals surface area contributed by atoms with Gasteiger partial charge in [-0.25, -0.2) is 13.8 Å². The molecule has 0 aliphatic rings. The van der Waals surface area contributed by atoms with Crippen LogP contribution in [0.3, 0.4) is 0 Å². The first-order valence-electron chi connectivity index (χ1n) is 7.74. The van der Waals surface area contributed by atoms with E-state index in [4.69, 9.17) is 5.73 Å². The van der Waals surface area contributed by atoms with E-state index in [0.29, 0.717) is 6.07 Å². The number of benzene rings is 2. The Hall–Kier alpha value is -3.63. The van der Waals surface area contributed by atoms with Crippen LogP contribution in [0.15, 0.2) is 36.5 Å². The first-order chi connectivity index (χ1) is 13.2. The van der Waals surface area contributed by atoms with E-state index in [0.717, 1.165) is 18.2 Å². The Labute approximate surface area is 153 Å². The fourth-order valence-corrected chi connectivity index (χ4v) is 2.82. The van der Waals surface area contributed by atoms with Crippen molar-refractivity contribution in [3.63, 3.8) is 0 Å². The van der Waals surface area contributed by atoms with Gasteiger partial charge in [0.05, 0.1) is 17.3 Å². The van der Waals surface area contributed by atoms with Crippen molar-refractivity contribution >= 4 is 16.9 Å². The standard InChI is InChI=1S/C17H9F5N6/c18-9-1-2-10(12(19)5-9)15-14(27-28-16(23)25-15)7-3-8-6-24-26-13(8)11(4-7)17(20,21)22/h1-6H,(H,24,26)(H2,23,25,28). The van der Waals surface area contributed by atoms with Crippen molar-refractivity contribution in [2.45, 2.75) is 6.18 Å². The lowest BCUT2D eigenvalue weighted by Crippen LogP contribution is -2.08. The van der Waals surface area contributed by atoms with E-state index in [9.17, 15) is 22.0 Å². The van der Waals surface area contributed by atoms with Gasteiger partial charge in [-0.15, -0.1) is 10.2 Å². The summed E-state index contributed by atoms with van der Waals surface area (Å²) in [6.45, 7) is 0. The molecule has 0 amide bonds. The molecule has 0 bridgehead atoms. The van der Waals surface area contributed by atoms with Crippen LogP contribution in [-0.4, -0.2) is 25.4 Å². The van der Waals surface area contributed by atoms with E-state index >= 15 is 0 Å². The topological polar surface area (TPSA) is 93.4 Å². The number of hydrogen-bond acceptors (Lipinski definition) is 5. The summed E-state index contributed by atoms with van der Waals surface area (Å²) in [5.74, 6) is -2.11. The average Bonchev–Trinajstić information content (AvgIpc) is 3.08. The van der Waals surface area contributed by atoms with E-state index in [2.05, 4.69) is 25.4 Å². The molecule has 0 saturated heterocycles. The zero-order chi connectivity index (χ0) is 20.1. The second-order valence-electron chi connectivity index (χ2n) is 5.85. The highest BCUT2D eigenvalue weighted by molar-refractivity contribution is 5.89. The van der Waals surface area contributed by atoms with Crippen LogP contribution < -0.4 is 5.73 Å². The fraction of sp³-hybridized carbons (Fsp3) is 0.0588. The van der Waals surface area contributed by atoms with Crippen LogP contribution in [-0.2, 0) is 6.18 Å². The number of nitrogen functional groups attached to an aromatic ring is 1. The van der Waals surface area contributed by atoms with Gasteiger partial charge in [0.1, 0.15) is 23.0 Å². The zero-order valence-electron chi connectivity index (χ0n) is 13.7. The van der Waals surface area contributed by atoms with Crippen molar-refractivity contribution in [3.05, 3.63) is 53.7 Å². The molecule has 142 valence electrons. The summed E-state index contributed by atoms with van der Waals surface area (Å²) >= 11 is 0. The molecule has 0 fully saturated rings. The van der Waals surface area contributed by atoms with Gasteiger partial charge < -0.3 is 5.73 Å². The quantitative estimate of drug-likeness (QED) is 0.504. The van der Waals surface area contributed by atoms with Crippen LogP contribution in [0, 0.1) is 11.6 Å². The number of halogens is 5. The van der Waals surface area contributed by atoms with Gasteiger partial charge in [-0.3, -0.25) is 5.10 Å². The van der Waals surface area contributed by atoms with E-state index < -0.39 is 23.4 Å². The normalized spacial score (nSPS) is 11.9. The molecule has 3 N–H and O–H groups in total. The smallest absolute Gasteiger partial charge is 0.366 e. The molecular weight excluding hydrogens is 383 g/mol. The van der Waals surface area contributed by atoms with Crippen LogP contribution in [0.2, 0.25) is 0 Å². The third-order valence-electron chi connectivity index (χ3n) is 4.02. The monoisotopic (exact) mass is 392 g/mol. The number of nitrogens with zero attached hydrogens (tertiary/aromatic N) is 4. The van der Waals surface area contributed by atoms with Gasteiger partial charge in [0, 0.05) is 22.6 Å². The van der Waals surface area contributed by atoms with Crippen LogP contribution >= 0.6 is 0 Å². The van der Waals surface area contributed by atoms with Crippen molar-refractivity contribution in [3.8, 4) is 22.5 Å². The maximum Gasteiger partial charge on any atom is 0.418 e. The van der Waals surface area contributed by atoms with Crippen molar-refractivity contribution in [1.29, 1.82) is 0 Å². The average molecular weight is 392 g/mol. The van der Waals surface area contributed by atoms with Crippen LogP contribution in [0.5, 0.6) is 0 Å². The molecule has 4 aromatic rings. The van der Waals surface area contributed by atoms with Gasteiger partial charge in [0.25, 0.3) is 0 Å². The lowest BCUT2D eigenvalue weighted by atomic mass is 10.00. The van der Waals surface area contributed by atoms with Crippen molar-refractivity contribution in [2.75, 3.05) is 5.73 Å². The summed E-state index contributed by atoms with van der Waals surface area (Å²) < 4.78 is 67.9. The lowest BCUT2D eigenvalue weighted by molar-refractivity contribution is -0.136. The molecule has 2 aromatic heterocycles. The van der Waals surface area contributed by atoms with Gasteiger partial charge in [-0.05, 0) is 24.3 Å². The second kappa shape index (κ2) is 6.22. The van der Waals surface area contributed by atoms with Gasteiger partial charge in [0.15, 0.2) is 0 Å². The Morgan fingerprint density at radius 3 is 2.46 bits per heavy atom. The number of aromatic nitrogens is 5. The molecule has 28 heavy (non-hydrogen) atoms. The highest BCUT2D eigenvalue weighted by Crippen LogP contribution is 2.39. The molecule has 11 heteroatoms. The molecule has 0 atom stereocenters. The SMILES string of the molecule is Nc1nnc(-c2cc(C(F)(F)F)c3[nH]ncc3c2)c(-c2ccc(F)cc2F)n1. The molecule has 0 radical (unpaired) electrons. The Morgan fingerprint density at radius 2 is 1.75 bits per heavy atom. The number of fused-ring (bicyclic) bond motifs is 1. The molecule has 0 aliphatic carbocycles. The number of anilines is 1. The highest BCUT2D eigenvalue weighted by atomic mass is 19.4. The lowest BCUT2D eigenvalue weighted by Gasteiger charge is -2.12. The highest BCUT2D eigenvalue weighted by Gasteiger charge is 2.34. The third kappa shape index (κ3) is 3.00. The molecule has 0 spiro atoms. The molecule has 4 rings (SSSR count). The van der Waals surface area contributed by atoms with Crippen LogP contribution in [0.4, 0.5) is 27.9 Å². The number of H-pyrrole nitrogens is 1. The summed E-state index contributed by atoms with van der Waals surface area (Å²) in [5, 5.41) is 13.5. The zero-order valence-corrected chi connectivity index (χ0v) is 13.7. The number of nitrogens with one attached hydrogen (secondary N) is 1. The first kappa shape index (κ1) is 17.8. The second-order valence-corrected chi connectivity index (χ2v) is 5.85. The van der Waals surface area contributed by atoms with Crippen molar-refractivity contribution in [1.82, 2.24) is 25.4 Å². The fourth-order valence-electron chi connectivity index (χ4n) is 2.82. The number of aromatic amines is 1. The van der Waals surface area contributed by atoms with Gasteiger partial charge in [-0.1, -0.05) is 0 Å². The molecular formula is C17H9F5N6. The number of alkyl halides is 3. The molecule has 2 aromatic carbocycles. The minimum Gasteiger partial charge on any atom is -0.366 e. The van der Waals surface area contributed by atoms with Crippen molar-refractivity contribution in [2.24, 2.45) is 0 Å². The van der Waals surface area contributed by atoms with Crippen LogP contribution in [0.25, 0.3) is 33.4 Å². The Bertz CT molecular complexity index is 1200. The summed E-state index contributed by atoms with van der Waals surface area (Å²) in [6, 6.07) is 4.91. The number of hydrogen-bond donors (Lipinski definition) is 2. The summed E-state index contributed by atoms with van der Waals surface area (Å²) in [4.78, 5) is 3.91. The molecule has 6 nitrogen and oxygen atoms in total. The summed E-state index contributed by atoms with van der Waals surface area (Å²) in [7, 11) is 0. The largest absolute Gasteiger partial charge is 0.418 e.